The third-order valence-electron chi connectivity index (χ3n) is 3.42. The zero-order valence-electron chi connectivity index (χ0n) is 14.2. The second-order valence-corrected chi connectivity index (χ2v) is 7.80. The molecule has 0 bridgehead atoms. The van der Waals surface area contributed by atoms with Gasteiger partial charge in [0, 0.05) is 11.4 Å². The molecule has 0 amide bonds. The maximum atomic E-state index is 12.4. The van der Waals surface area contributed by atoms with Crippen molar-refractivity contribution in [3.63, 3.8) is 0 Å². The Morgan fingerprint density at radius 3 is 2.43 bits per heavy atom. The largest absolute Gasteiger partial charge is 0.443 e. The number of ether oxygens (including phenoxy) is 1. The molecular formula is C17H26N2O2. The third-order valence-corrected chi connectivity index (χ3v) is 3.42. The van der Waals surface area contributed by atoms with Crippen molar-refractivity contribution in [2.24, 2.45) is 4.99 Å². The minimum atomic E-state index is -0.514. The lowest BCUT2D eigenvalue weighted by atomic mass is 9.87. The van der Waals surface area contributed by atoms with E-state index in [1.54, 1.807) is 4.57 Å². The van der Waals surface area contributed by atoms with E-state index in [0.717, 1.165) is 22.7 Å². The first kappa shape index (κ1) is 15.8. The fourth-order valence-electron chi connectivity index (χ4n) is 2.44. The molecule has 0 saturated heterocycles. The highest BCUT2D eigenvalue weighted by Crippen LogP contribution is 2.19. The van der Waals surface area contributed by atoms with Crippen LogP contribution in [0.25, 0.3) is 6.08 Å². The lowest BCUT2D eigenvalue weighted by Gasteiger charge is -2.19. The van der Waals surface area contributed by atoms with Gasteiger partial charge in [-0.3, -0.25) is 4.99 Å². The van der Waals surface area contributed by atoms with E-state index in [0.29, 0.717) is 0 Å². The molecule has 0 N–H and O–H groups in total. The Balaban J connectivity index is 2.62. The molecular weight excluding hydrogens is 264 g/mol. The Hall–Kier alpha value is -1.58. The number of hydrogen-bond acceptors (Lipinski definition) is 3. The van der Waals surface area contributed by atoms with Gasteiger partial charge >= 0.3 is 6.09 Å². The van der Waals surface area contributed by atoms with Crippen LogP contribution in [0.4, 0.5) is 4.79 Å². The van der Waals surface area contributed by atoms with Crippen LogP contribution in [0.1, 0.15) is 60.5 Å². The Morgan fingerprint density at radius 1 is 1.29 bits per heavy atom. The molecule has 21 heavy (non-hydrogen) atoms. The van der Waals surface area contributed by atoms with E-state index in [2.05, 4.69) is 38.8 Å². The Labute approximate surface area is 126 Å². The molecule has 4 nitrogen and oxygen atoms in total. The highest BCUT2D eigenvalue weighted by Gasteiger charge is 2.25. The summed E-state index contributed by atoms with van der Waals surface area (Å²) in [6, 6.07) is 0.196. The van der Waals surface area contributed by atoms with Crippen LogP contribution in [-0.2, 0) is 10.2 Å². The fraction of sp³-hybridized carbons (Fsp3) is 0.647. The molecule has 0 spiro atoms. The van der Waals surface area contributed by atoms with Crippen LogP contribution in [0, 0.1) is 0 Å². The van der Waals surface area contributed by atoms with Crippen LogP contribution in [0.3, 0.4) is 0 Å². The summed E-state index contributed by atoms with van der Waals surface area (Å²) < 4.78 is 7.06. The number of rotatable bonds is 0. The van der Waals surface area contributed by atoms with Crippen LogP contribution >= 0.6 is 0 Å². The molecule has 1 aliphatic heterocycles. The van der Waals surface area contributed by atoms with E-state index < -0.39 is 5.60 Å². The summed E-state index contributed by atoms with van der Waals surface area (Å²) in [4.78, 5) is 17.1. The van der Waals surface area contributed by atoms with Gasteiger partial charge in [0.25, 0.3) is 0 Å². The number of carbonyl (C=O) groups is 1. The SMILES string of the molecule is CC1CC=c2c(C(C)(C)C)cn(C(=O)OC(C)(C)C)c2=N1. The Bertz CT molecular complexity index is 669. The van der Waals surface area contributed by atoms with Gasteiger partial charge < -0.3 is 4.74 Å². The van der Waals surface area contributed by atoms with Gasteiger partial charge in [-0.2, -0.15) is 0 Å². The zero-order valence-corrected chi connectivity index (χ0v) is 14.2. The van der Waals surface area contributed by atoms with Gasteiger partial charge in [-0.1, -0.05) is 26.8 Å². The molecule has 116 valence electrons. The second kappa shape index (κ2) is 5.00. The first-order chi connectivity index (χ1) is 9.49. The summed E-state index contributed by atoms with van der Waals surface area (Å²) in [5.41, 5.74) is 1.32. The lowest BCUT2D eigenvalue weighted by Crippen LogP contribution is -2.40. The average Bonchev–Trinajstić information content (AvgIpc) is 2.64. The predicted octanol–water partition coefficient (Wildman–Crippen LogP) is 2.76. The van der Waals surface area contributed by atoms with Crippen LogP contribution in [-0.4, -0.2) is 22.3 Å². The fourth-order valence-corrected chi connectivity index (χ4v) is 2.44. The van der Waals surface area contributed by atoms with E-state index in [4.69, 9.17) is 4.74 Å². The molecule has 2 heterocycles. The molecule has 1 unspecified atom stereocenters. The van der Waals surface area contributed by atoms with Gasteiger partial charge in [0.05, 0.1) is 6.04 Å². The molecule has 1 aliphatic rings. The summed E-state index contributed by atoms with van der Waals surface area (Å²) >= 11 is 0. The average molecular weight is 290 g/mol. The summed E-state index contributed by atoms with van der Waals surface area (Å²) in [7, 11) is 0. The highest BCUT2D eigenvalue weighted by molar-refractivity contribution is 5.71. The van der Waals surface area contributed by atoms with Crippen molar-refractivity contribution in [3.8, 4) is 0 Å². The second-order valence-electron chi connectivity index (χ2n) is 7.80. The van der Waals surface area contributed by atoms with Crippen molar-refractivity contribution >= 4 is 12.2 Å². The van der Waals surface area contributed by atoms with Crippen LogP contribution in [0.2, 0.25) is 0 Å². The number of nitrogens with zero attached hydrogens (tertiary/aromatic N) is 2. The molecule has 0 saturated carbocycles. The minimum absolute atomic E-state index is 0.0378. The molecule has 2 rings (SSSR count). The molecule has 0 aliphatic carbocycles. The smallest absolute Gasteiger partial charge is 0.420 e. The van der Waals surface area contributed by atoms with Gasteiger partial charge in [0.1, 0.15) is 11.1 Å². The van der Waals surface area contributed by atoms with Gasteiger partial charge in [0.15, 0.2) is 0 Å². The standard InChI is InChI=1S/C17H26N2O2/c1-11-8-9-12-13(16(2,3)4)10-19(14(12)18-11)15(20)21-17(5,6)7/h9-11H,8H2,1-7H3. The van der Waals surface area contributed by atoms with E-state index in [-0.39, 0.29) is 17.6 Å². The first-order valence-electron chi connectivity index (χ1n) is 7.52. The molecule has 4 heteroatoms. The normalized spacial score (nSPS) is 18.5. The number of aromatic nitrogens is 1. The summed E-state index contributed by atoms with van der Waals surface area (Å²) in [6.07, 6.45) is 4.63. The molecule has 1 aromatic rings. The van der Waals surface area contributed by atoms with E-state index in [9.17, 15) is 4.79 Å². The van der Waals surface area contributed by atoms with Gasteiger partial charge in [-0.15, -0.1) is 0 Å². The molecule has 0 radical (unpaired) electrons. The summed E-state index contributed by atoms with van der Waals surface area (Å²) in [5.74, 6) is 0. The quantitative estimate of drug-likeness (QED) is 0.737. The van der Waals surface area contributed by atoms with Crippen LogP contribution in [0.15, 0.2) is 11.2 Å². The first-order valence-corrected chi connectivity index (χ1v) is 7.52. The van der Waals surface area contributed by atoms with Crippen molar-refractivity contribution in [1.82, 2.24) is 4.57 Å². The number of hydrogen-bond donors (Lipinski definition) is 0. The minimum Gasteiger partial charge on any atom is -0.443 e. The zero-order chi connectivity index (χ0) is 16.0. The van der Waals surface area contributed by atoms with Crippen molar-refractivity contribution in [1.29, 1.82) is 0 Å². The van der Waals surface area contributed by atoms with Crippen molar-refractivity contribution in [2.75, 3.05) is 0 Å². The van der Waals surface area contributed by atoms with E-state index >= 15 is 0 Å². The number of fused-ring (bicyclic) bond motifs is 1. The maximum Gasteiger partial charge on any atom is 0.420 e. The third kappa shape index (κ3) is 3.36. The van der Waals surface area contributed by atoms with Crippen molar-refractivity contribution in [2.45, 2.75) is 71.9 Å². The molecule has 1 aromatic heterocycles. The Morgan fingerprint density at radius 2 is 1.90 bits per heavy atom. The predicted molar refractivity (Wildman–Crippen MR) is 84.1 cm³/mol. The van der Waals surface area contributed by atoms with Gasteiger partial charge in [-0.05, 0) is 45.1 Å². The van der Waals surface area contributed by atoms with Crippen LogP contribution < -0.4 is 10.7 Å². The summed E-state index contributed by atoms with van der Waals surface area (Å²) in [6.45, 7) is 14.1. The molecule has 1 atom stereocenters. The number of carbonyl (C=O) groups excluding carboxylic acids is 1. The molecule has 0 fully saturated rings. The van der Waals surface area contributed by atoms with E-state index in [1.165, 1.54) is 0 Å². The molecule has 0 aromatic carbocycles. The maximum absolute atomic E-state index is 12.4. The summed E-state index contributed by atoms with van der Waals surface area (Å²) in [5, 5.41) is 1.08. The van der Waals surface area contributed by atoms with Gasteiger partial charge in [-0.25, -0.2) is 9.36 Å². The monoisotopic (exact) mass is 290 g/mol. The lowest BCUT2D eigenvalue weighted by molar-refractivity contribution is 0.0530. The highest BCUT2D eigenvalue weighted by atomic mass is 16.6. The van der Waals surface area contributed by atoms with Gasteiger partial charge in [0.2, 0.25) is 0 Å². The van der Waals surface area contributed by atoms with E-state index in [1.807, 2.05) is 27.0 Å². The van der Waals surface area contributed by atoms with Crippen molar-refractivity contribution in [3.05, 3.63) is 22.5 Å². The Kier molecular flexibility index (Phi) is 3.77. The topological polar surface area (TPSA) is 43.6 Å². The van der Waals surface area contributed by atoms with Crippen LogP contribution in [0.5, 0.6) is 0 Å². The van der Waals surface area contributed by atoms with Crippen molar-refractivity contribution < 1.29 is 9.53 Å².